The van der Waals surface area contributed by atoms with Crippen molar-refractivity contribution in [1.29, 1.82) is 0 Å². The molecule has 1 N–H and O–H groups in total. The molecule has 3 aromatic rings. The van der Waals surface area contributed by atoms with Crippen LogP contribution in [0.4, 0.5) is 5.69 Å². The van der Waals surface area contributed by atoms with Gasteiger partial charge in [0.15, 0.2) is 5.82 Å². The van der Waals surface area contributed by atoms with Crippen LogP contribution in [0.1, 0.15) is 5.82 Å². The predicted molar refractivity (Wildman–Crippen MR) is 93.2 cm³/mol. The van der Waals surface area contributed by atoms with Crippen molar-refractivity contribution in [1.82, 2.24) is 15.0 Å². The Morgan fingerprint density at radius 3 is 2.58 bits per heavy atom. The van der Waals surface area contributed by atoms with E-state index < -0.39 is 0 Å². The number of anilines is 1. The molecule has 7 heteroatoms. The van der Waals surface area contributed by atoms with E-state index >= 15 is 0 Å². The third-order valence-corrected chi connectivity index (χ3v) is 5.01. The topological polar surface area (TPSA) is 65.6 Å². The van der Waals surface area contributed by atoms with Crippen LogP contribution in [-0.2, 0) is 6.54 Å². The number of phenolic OH excluding ortho intramolecular Hbond substituents is 1. The van der Waals surface area contributed by atoms with E-state index in [1.807, 2.05) is 29.6 Å². The number of aromatic hydroxyl groups is 1. The molecule has 0 unspecified atom stereocenters. The number of piperazine rings is 1. The lowest BCUT2D eigenvalue weighted by atomic mass is 10.2. The Hall–Kier alpha value is -2.38. The number of thiophene rings is 1. The third kappa shape index (κ3) is 3.27. The van der Waals surface area contributed by atoms with E-state index in [9.17, 15) is 5.11 Å². The molecule has 4 rings (SSSR count). The second-order valence-corrected chi connectivity index (χ2v) is 6.72. The van der Waals surface area contributed by atoms with Gasteiger partial charge in [-0.2, -0.15) is 4.98 Å². The first-order chi connectivity index (χ1) is 11.8. The number of benzene rings is 1. The number of hydrogen-bond donors (Lipinski definition) is 1. The fraction of sp³-hybridized carbons (Fsp3) is 0.294. The maximum atomic E-state index is 9.38. The number of rotatable bonds is 4. The largest absolute Gasteiger partial charge is 0.508 e. The van der Waals surface area contributed by atoms with Gasteiger partial charge in [0.25, 0.3) is 5.89 Å². The van der Waals surface area contributed by atoms with Crippen molar-refractivity contribution < 1.29 is 9.63 Å². The molecule has 0 amide bonds. The van der Waals surface area contributed by atoms with Gasteiger partial charge in [-0.25, -0.2) is 0 Å². The first-order valence-electron chi connectivity index (χ1n) is 7.91. The molecule has 1 aliphatic heterocycles. The van der Waals surface area contributed by atoms with Gasteiger partial charge < -0.3 is 14.5 Å². The Morgan fingerprint density at radius 1 is 1.08 bits per heavy atom. The summed E-state index contributed by atoms with van der Waals surface area (Å²) in [6, 6.07) is 11.3. The molecule has 0 spiro atoms. The molecule has 6 nitrogen and oxygen atoms in total. The smallest absolute Gasteiger partial charge is 0.268 e. The van der Waals surface area contributed by atoms with Crippen LogP contribution < -0.4 is 4.90 Å². The fourth-order valence-corrected chi connectivity index (χ4v) is 3.49. The van der Waals surface area contributed by atoms with E-state index in [1.165, 1.54) is 0 Å². The zero-order chi connectivity index (χ0) is 16.4. The number of aromatic nitrogens is 2. The molecule has 1 saturated heterocycles. The summed E-state index contributed by atoms with van der Waals surface area (Å²) in [5, 5.41) is 15.5. The number of hydrogen-bond acceptors (Lipinski definition) is 7. The molecule has 2 aromatic heterocycles. The highest BCUT2D eigenvalue weighted by molar-refractivity contribution is 7.13. The van der Waals surface area contributed by atoms with E-state index in [1.54, 1.807) is 23.5 Å². The molecule has 1 aromatic carbocycles. The summed E-state index contributed by atoms with van der Waals surface area (Å²) in [5.41, 5.74) is 1.15. The van der Waals surface area contributed by atoms with Crippen LogP contribution in [-0.4, -0.2) is 46.3 Å². The van der Waals surface area contributed by atoms with Crippen LogP contribution in [0.15, 0.2) is 46.3 Å². The van der Waals surface area contributed by atoms with Gasteiger partial charge in [-0.1, -0.05) is 11.2 Å². The molecule has 0 atom stereocenters. The minimum absolute atomic E-state index is 0.302. The SMILES string of the molecule is Oc1ccc(N2CCN(Cc3noc(-c4cccs4)n3)CC2)cc1. The predicted octanol–water partition coefficient (Wildman–Crippen LogP) is 2.83. The molecule has 0 radical (unpaired) electrons. The number of phenols is 1. The van der Waals surface area contributed by atoms with Gasteiger partial charge in [-0.15, -0.1) is 11.3 Å². The Bertz CT molecular complexity index is 777. The van der Waals surface area contributed by atoms with Crippen LogP contribution in [0.3, 0.4) is 0 Å². The molecule has 3 heterocycles. The maximum absolute atomic E-state index is 9.38. The van der Waals surface area contributed by atoms with Gasteiger partial charge in [-0.05, 0) is 35.7 Å². The van der Waals surface area contributed by atoms with Crippen molar-refractivity contribution in [3.05, 3.63) is 47.6 Å². The highest BCUT2D eigenvalue weighted by Gasteiger charge is 2.19. The zero-order valence-corrected chi connectivity index (χ0v) is 13.9. The molecular formula is C17H18N4O2S. The molecule has 1 fully saturated rings. The normalized spacial score (nSPS) is 15.8. The van der Waals surface area contributed by atoms with Gasteiger partial charge in [0.05, 0.1) is 11.4 Å². The molecule has 1 aliphatic rings. The van der Waals surface area contributed by atoms with E-state index in [0.717, 1.165) is 42.6 Å². The van der Waals surface area contributed by atoms with Gasteiger partial charge in [-0.3, -0.25) is 4.90 Å². The standard InChI is InChI=1S/C17H18N4O2S/c22-14-5-3-13(4-6-14)21-9-7-20(8-10-21)12-16-18-17(23-19-16)15-2-1-11-24-15/h1-6,11,22H,7-10,12H2. The van der Waals surface area contributed by atoms with E-state index in [4.69, 9.17) is 4.52 Å². The summed E-state index contributed by atoms with van der Waals surface area (Å²) in [4.78, 5) is 10.1. The Morgan fingerprint density at radius 2 is 1.88 bits per heavy atom. The molecule has 0 bridgehead atoms. The van der Waals surface area contributed by atoms with E-state index in [0.29, 0.717) is 18.2 Å². The Kier molecular flexibility index (Phi) is 4.18. The average Bonchev–Trinajstić information content (AvgIpc) is 3.28. The van der Waals surface area contributed by atoms with Crippen LogP contribution in [0.2, 0.25) is 0 Å². The minimum atomic E-state index is 0.302. The molecule has 124 valence electrons. The molecule has 0 saturated carbocycles. The summed E-state index contributed by atoms with van der Waals surface area (Å²) in [7, 11) is 0. The number of nitrogens with zero attached hydrogens (tertiary/aromatic N) is 4. The second kappa shape index (κ2) is 6.62. The summed E-state index contributed by atoms with van der Waals surface area (Å²) < 4.78 is 5.34. The van der Waals surface area contributed by atoms with Crippen molar-refractivity contribution in [2.24, 2.45) is 0 Å². The van der Waals surface area contributed by atoms with E-state index in [2.05, 4.69) is 19.9 Å². The summed E-state index contributed by atoms with van der Waals surface area (Å²) in [6.45, 7) is 4.49. The first-order valence-corrected chi connectivity index (χ1v) is 8.79. The lowest BCUT2D eigenvalue weighted by Crippen LogP contribution is -2.46. The van der Waals surface area contributed by atoms with Gasteiger partial charge in [0.1, 0.15) is 5.75 Å². The van der Waals surface area contributed by atoms with Gasteiger partial charge in [0.2, 0.25) is 0 Å². The van der Waals surface area contributed by atoms with Crippen LogP contribution in [0.5, 0.6) is 5.75 Å². The highest BCUT2D eigenvalue weighted by Crippen LogP contribution is 2.23. The highest BCUT2D eigenvalue weighted by atomic mass is 32.1. The van der Waals surface area contributed by atoms with Crippen LogP contribution in [0, 0.1) is 0 Å². The van der Waals surface area contributed by atoms with Crippen molar-refractivity contribution in [3.63, 3.8) is 0 Å². The Balaban J connectivity index is 1.34. The van der Waals surface area contributed by atoms with Crippen molar-refractivity contribution in [2.45, 2.75) is 6.54 Å². The summed E-state index contributed by atoms with van der Waals surface area (Å²) in [5.74, 6) is 1.63. The fourth-order valence-electron chi connectivity index (χ4n) is 2.85. The molecule has 0 aliphatic carbocycles. The summed E-state index contributed by atoms with van der Waals surface area (Å²) >= 11 is 1.60. The summed E-state index contributed by atoms with van der Waals surface area (Å²) in [6.07, 6.45) is 0. The average molecular weight is 342 g/mol. The van der Waals surface area contributed by atoms with Crippen molar-refractivity contribution >= 4 is 17.0 Å². The van der Waals surface area contributed by atoms with Crippen LogP contribution in [0.25, 0.3) is 10.8 Å². The van der Waals surface area contributed by atoms with Crippen LogP contribution >= 0.6 is 11.3 Å². The lowest BCUT2D eigenvalue weighted by molar-refractivity contribution is 0.240. The van der Waals surface area contributed by atoms with E-state index in [-0.39, 0.29) is 0 Å². The van der Waals surface area contributed by atoms with Gasteiger partial charge >= 0.3 is 0 Å². The molecule has 24 heavy (non-hydrogen) atoms. The minimum Gasteiger partial charge on any atom is -0.508 e. The quantitative estimate of drug-likeness (QED) is 0.786. The third-order valence-electron chi connectivity index (χ3n) is 4.15. The maximum Gasteiger partial charge on any atom is 0.268 e. The van der Waals surface area contributed by atoms with Crippen molar-refractivity contribution in [2.75, 3.05) is 31.1 Å². The Labute approximate surface area is 144 Å². The monoisotopic (exact) mass is 342 g/mol. The molecular weight excluding hydrogens is 324 g/mol. The first kappa shape index (κ1) is 15.2. The van der Waals surface area contributed by atoms with Gasteiger partial charge in [0, 0.05) is 31.9 Å². The second-order valence-electron chi connectivity index (χ2n) is 5.77. The zero-order valence-electron chi connectivity index (χ0n) is 13.1. The van der Waals surface area contributed by atoms with Crippen molar-refractivity contribution in [3.8, 4) is 16.5 Å². The lowest BCUT2D eigenvalue weighted by Gasteiger charge is -2.35.